The molecular formula is C16H26O5Si. The van der Waals surface area contributed by atoms with E-state index in [1.54, 1.807) is 19.2 Å². The molecule has 0 saturated carbocycles. The summed E-state index contributed by atoms with van der Waals surface area (Å²) in [5.74, 6) is 0.994. The topological polar surface area (TPSA) is 54.0 Å². The van der Waals surface area contributed by atoms with Gasteiger partial charge in [-0.1, -0.05) is 20.8 Å². The highest BCUT2D eigenvalue weighted by Gasteiger charge is 2.40. The fraction of sp³-hybridized carbons (Fsp3) is 0.562. The van der Waals surface area contributed by atoms with Gasteiger partial charge in [0.1, 0.15) is 0 Å². The third kappa shape index (κ3) is 3.74. The van der Waals surface area contributed by atoms with Crippen LogP contribution < -0.4 is 13.9 Å². The average Bonchev–Trinajstić information content (AvgIpc) is 2.43. The lowest BCUT2D eigenvalue weighted by Gasteiger charge is -2.37. The largest absolute Gasteiger partial charge is 0.541 e. The fourth-order valence-electron chi connectivity index (χ4n) is 1.67. The van der Waals surface area contributed by atoms with Crippen LogP contribution in [-0.4, -0.2) is 35.6 Å². The van der Waals surface area contributed by atoms with Crippen molar-refractivity contribution in [1.29, 1.82) is 0 Å². The van der Waals surface area contributed by atoms with Crippen molar-refractivity contribution in [3.8, 4) is 17.2 Å². The Kier molecular flexibility index (Phi) is 5.51. The minimum Gasteiger partial charge on any atom is -0.541 e. The van der Waals surface area contributed by atoms with Crippen LogP contribution >= 0.6 is 0 Å². The molecule has 124 valence electrons. The SMILES string of the molecule is COC(=O)c1cc(OC)c(OC)c(O[Si](C)(C)C(C)(C)C)c1. The maximum Gasteiger partial charge on any atom is 0.338 e. The highest BCUT2D eigenvalue weighted by Crippen LogP contribution is 2.44. The van der Waals surface area contributed by atoms with Crippen LogP contribution in [-0.2, 0) is 4.74 Å². The van der Waals surface area contributed by atoms with Crippen LogP contribution in [0.2, 0.25) is 18.1 Å². The average molecular weight is 326 g/mol. The molecule has 6 heteroatoms. The summed E-state index contributed by atoms with van der Waals surface area (Å²) in [5.41, 5.74) is 0.369. The van der Waals surface area contributed by atoms with Crippen LogP contribution in [0.1, 0.15) is 31.1 Å². The molecule has 0 heterocycles. The zero-order valence-electron chi connectivity index (χ0n) is 14.7. The van der Waals surface area contributed by atoms with Crippen LogP contribution in [0.25, 0.3) is 0 Å². The third-order valence-electron chi connectivity index (χ3n) is 4.04. The molecule has 0 spiro atoms. The van der Waals surface area contributed by atoms with E-state index in [0.29, 0.717) is 22.8 Å². The van der Waals surface area contributed by atoms with Gasteiger partial charge in [-0.05, 0) is 30.3 Å². The van der Waals surface area contributed by atoms with Crippen LogP contribution in [0.4, 0.5) is 0 Å². The number of esters is 1. The smallest absolute Gasteiger partial charge is 0.338 e. The summed E-state index contributed by atoms with van der Waals surface area (Å²) in [5, 5.41) is 0.0204. The molecule has 0 unspecified atom stereocenters. The lowest BCUT2D eigenvalue weighted by Crippen LogP contribution is -2.44. The van der Waals surface area contributed by atoms with E-state index in [1.165, 1.54) is 14.2 Å². The molecule has 0 aliphatic carbocycles. The van der Waals surface area contributed by atoms with Crippen molar-refractivity contribution >= 4 is 14.3 Å². The van der Waals surface area contributed by atoms with Crippen LogP contribution in [0.5, 0.6) is 17.2 Å². The number of benzene rings is 1. The molecule has 0 N–H and O–H groups in total. The summed E-state index contributed by atoms with van der Waals surface area (Å²) in [6.45, 7) is 10.7. The van der Waals surface area contributed by atoms with E-state index in [4.69, 9.17) is 18.6 Å². The molecule has 5 nitrogen and oxygen atoms in total. The standard InChI is InChI=1S/C16H26O5Si/c1-16(2,3)22(7,8)21-13-10-11(15(17)20-6)9-12(18-4)14(13)19-5/h9-10H,1-8H3. The van der Waals surface area contributed by atoms with Gasteiger partial charge < -0.3 is 18.6 Å². The van der Waals surface area contributed by atoms with Crippen molar-refractivity contribution in [3.63, 3.8) is 0 Å². The Hall–Kier alpha value is -1.69. The van der Waals surface area contributed by atoms with Crippen molar-refractivity contribution in [2.75, 3.05) is 21.3 Å². The summed E-state index contributed by atoms with van der Waals surface area (Å²) in [6, 6.07) is 3.23. The Morgan fingerprint density at radius 2 is 1.55 bits per heavy atom. The van der Waals surface area contributed by atoms with Crippen molar-refractivity contribution in [2.24, 2.45) is 0 Å². The van der Waals surface area contributed by atoms with Gasteiger partial charge in [-0.15, -0.1) is 0 Å². The molecule has 22 heavy (non-hydrogen) atoms. The second-order valence-electron chi connectivity index (χ2n) is 6.56. The van der Waals surface area contributed by atoms with Gasteiger partial charge in [0.25, 0.3) is 8.32 Å². The van der Waals surface area contributed by atoms with E-state index in [9.17, 15) is 4.79 Å². The van der Waals surface area contributed by atoms with Crippen molar-refractivity contribution in [3.05, 3.63) is 17.7 Å². The molecule has 0 aromatic heterocycles. The molecule has 1 aromatic rings. The second kappa shape index (κ2) is 6.60. The third-order valence-corrected chi connectivity index (χ3v) is 8.38. The number of ether oxygens (including phenoxy) is 3. The van der Waals surface area contributed by atoms with Crippen molar-refractivity contribution < 1.29 is 23.4 Å². The van der Waals surface area contributed by atoms with Gasteiger partial charge in [-0.25, -0.2) is 4.79 Å². The molecule has 0 atom stereocenters. The van der Waals surface area contributed by atoms with Gasteiger partial charge >= 0.3 is 5.97 Å². The number of methoxy groups -OCH3 is 3. The summed E-state index contributed by atoms with van der Waals surface area (Å²) in [6.07, 6.45) is 0. The predicted molar refractivity (Wildman–Crippen MR) is 88.7 cm³/mol. The number of rotatable bonds is 5. The zero-order chi connectivity index (χ0) is 17.1. The molecule has 0 amide bonds. The normalized spacial score (nSPS) is 11.8. The molecule has 1 rings (SSSR count). The Morgan fingerprint density at radius 1 is 1.00 bits per heavy atom. The zero-order valence-corrected chi connectivity index (χ0v) is 15.7. The summed E-state index contributed by atoms with van der Waals surface area (Å²) < 4.78 is 21.8. The predicted octanol–water partition coefficient (Wildman–Crippen LogP) is 3.87. The molecule has 0 aliphatic heterocycles. The molecule has 0 fully saturated rings. The van der Waals surface area contributed by atoms with Gasteiger partial charge in [-0.2, -0.15) is 0 Å². The summed E-state index contributed by atoms with van der Waals surface area (Å²) in [7, 11) is 2.33. The Bertz CT molecular complexity index is 546. The van der Waals surface area contributed by atoms with Gasteiger partial charge in [-0.3, -0.25) is 0 Å². The van der Waals surface area contributed by atoms with Crippen molar-refractivity contribution in [2.45, 2.75) is 38.9 Å². The Morgan fingerprint density at radius 3 is 1.95 bits per heavy atom. The van der Waals surface area contributed by atoms with E-state index in [-0.39, 0.29) is 5.04 Å². The molecular weight excluding hydrogens is 300 g/mol. The molecule has 1 aromatic carbocycles. The quantitative estimate of drug-likeness (QED) is 0.607. The Balaban J connectivity index is 3.41. The maximum absolute atomic E-state index is 11.8. The number of carbonyl (C=O) groups is 1. The highest BCUT2D eigenvalue weighted by molar-refractivity contribution is 6.74. The lowest BCUT2D eigenvalue weighted by molar-refractivity contribution is 0.0600. The molecule has 0 saturated heterocycles. The van der Waals surface area contributed by atoms with Crippen LogP contribution in [0.3, 0.4) is 0 Å². The van der Waals surface area contributed by atoms with Gasteiger partial charge in [0.15, 0.2) is 11.5 Å². The highest BCUT2D eigenvalue weighted by atomic mass is 28.4. The van der Waals surface area contributed by atoms with E-state index in [1.807, 2.05) is 0 Å². The van der Waals surface area contributed by atoms with Crippen molar-refractivity contribution in [1.82, 2.24) is 0 Å². The number of hydrogen-bond donors (Lipinski definition) is 0. The summed E-state index contributed by atoms with van der Waals surface area (Å²) >= 11 is 0. The van der Waals surface area contributed by atoms with Gasteiger partial charge in [0.05, 0.1) is 26.9 Å². The second-order valence-corrected chi connectivity index (χ2v) is 11.3. The van der Waals surface area contributed by atoms with E-state index >= 15 is 0 Å². The van der Waals surface area contributed by atoms with E-state index < -0.39 is 14.3 Å². The number of carbonyl (C=O) groups excluding carboxylic acids is 1. The minimum atomic E-state index is -2.08. The van der Waals surface area contributed by atoms with Crippen LogP contribution in [0.15, 0.2) is 12.1 Å². The fourth-order valence-corrected chi connectivity index (χ4v) is 2.68. The first-order valence-electron chi connectivity index (χ1n) is 7.10. The van der Waals surface area contributed by atoms with E-state index in [0.717, 1.165) is 0 Å². The maximum atomic E-state index is 11.8. The Labute approximate surface area is 133 Å². The molecule has 0 bridgehead atoms. The monoisotopic (exact) mass is 326 g/mol. The number of hydrogen-bond acceptors (Lipinski definition) is 5. The van der Waals surface area contributed by atoms with E-state index in [2.05, 4.69) is 33.9 Å². The molecule has 0 aliphatic rings. The van der Waals surface area contributed by atoms with Crippen LogP contribution in [0, 0.1) is 0 Å². The minimum absolute atomic E-state index is 0.0204. The first-order chi connectivity index (χ1) is 10.1. The first-order valence-corrected chi connectivity index (χ1v) is 10.0. The lowest BCUT2D eigenvalue weighted by atomic mass is 10.2. The first kappa shape index (κ1) is 18.4. The van der Waals surface area contributed by atoms with Gasteiger partial charge in [0, 0.05) is 0 Å². The van der Waals surface area contributed by atoms with Gasteiger partial charge in [0.2, 0.25) is 5.75 Å². The summed E-state index contributed by atoms with van der Waals surface area (Å²) in [4.78, 5) is 11.8. The molecule has 0 radical (unpaired) electrons.